The highest BCUT2D eigenvalue weighted by Crippen LogP contribution is 2.26. The van der Waals surface area contributed by atoms with Gasteiger partial charge in [-0.25, -0.2) is 0 Å². The Morgan fingerprint density at radius 3 is 2.43 bits per heavy atom. The van der Waals surface area contributed by atoms with E-state index in [0.717, 1.165) is 37.0 Å². The summed E-state index contributed by atoms with van der Waals surface area (Å²) < 4.78 is 11.4. The summed E-state index contributed by atoms with van der Waals surface area (Å²) in [5.74, 6) is 1.00. The van der Waals surface area contributed by atoms with Crippen molar-refractivity contribution in [3.63, 3.8) is 0 Å². The van der Waals surface area contributed by atoms with Gasteiger partial charge in [0, 0.05) is 48.1 Å². The molecule has 4 nitrogen and oxygen atoms in total. The average Bonchev–Trinajstić information content (AvgIpc) is 3.04. The Hall–Kier alpha value is -1.20. The van der Waals surface area contributed by atoms with Gasteiger partial charge in [0.15, 0.2) is 0 Å². The van der Waals surface area contributed by atoms with Gasteiger partial charge >= 0.3 is 0 Å². The smallest absolute Gasteiger partial charge is 0.236 e. The predicted octanol–water partition coefficient (Wildman–Crippen LogP) is 2.26. The monoisotopic (exact) mass is 334 g/mol. The summed E-state index contributed by atoms with van der Waals surface area (Å²) in [6, 6.07) is 7.88. The lowest BCUT2D eigenvalue weighted by Gasteiger charge is -2.35. The Kier molecular flexibility index (Phi) is 5.49. The second-order valence-corrected chi connectivity index (χ2v) is 8.18. The van der Waals surface area contributed by atoms with Crippen molar-refractivity contribution in [2.45, 2.75) is 37.1 Å². The van der Waals surface area contributed by atoms with Crippen LogP contribution < -0.4 is 0 Å². The third kappa shape index (κ3) is 4.42. The van der Waals surface area contributed by atoms with Crippen LogP contribution in [0.1, 0.15) is 31.2 Å². The van der Waals surface area contributed by atoms with Gasteiger partial charge < -0.3 is 4.90 Å². The van der Waals surface area contributed by atoms with Gasteiger partial charge in [-0.3, -0.25) is 13.9 Å². The normalized spacial score (nSPS) is 21.8. The molecule has 1 aliphatic heterocycles. The number of benzene rings is 1. The molecule has 1 aromatic carbocycles. The van der Waals surface area contributed by atoms with E-state index < -0.39 is 10.8 Å². The van der Waals surface area contributed by atoms with Crippen molar-refractivity contribution in [2.24, 2.45) is 5.92 Å². The molecule has 0 spiro atoms. The molecule has 126 valence electrons. The molecular formula is C18H26N2O2S. The Balaban J connectivity index is 1.51. The van der Waals surface area contributed by atoms with E-state index in [-0.39, 0.29) is 5.91 Å². The molecule has 1 aromatic rings. The summed E-state index contributed by atoms with van der Waals surface area (Å²) in [5.41, 5.74) is 1.18. The Labute approximate surface area is 141 Å². The number of rotatable bonds is 5. The zero-order chi connectivity index (χ0) is 16.2. The summed E-state index contributed by atoms with van der Waals surface area (Å²) in [4.78, 5) is 17.5. The largest absolute Gasteiger partial charge is 0.340 e. The topological polar surface area (TPSA) is 40.6 Å². The number of hydrogen-bond acceptors (Lipinski definition) is 3. The molecule has 0 radical (unpaired) electrons. The number of amides is 1. The van der Waals surface area contributed by atoms with Crippen molar-refractivity contribution in [1.29, 1.82) is 0 Å². The Morgan fingerprint density at radius 2 is 1.83 bits per heavy atom. The molecule has 0 bridgehead atoms. The van der Waals surface area contributed by atoms with Crippen LogP contribution >= 0.6 is 0 Å². The predicted molar refractivity (Wildman–Crippen MR) is 92.6 cm³/mol. The molecule has 1 atom stereocenters. The van der Waals surface area contributed by atoms with E-state index in [1.54, 1.807) is 6.26 Å². The van der Waals surface area contributed by atoms with E-state index in [9.17, 15) is 9.00 Å². The van der Waals surface area contributed by atoms with Crippen LogP contribution in [0.15, 0.2) is 29.2 Å². The third-order valence-electron chi connectivity index (χ3n) is 5.01. The van der Waals surface area contributed by atoms with Gasteiger partial charge in [-0.05, 0) is 36.5 Å². The lowest BCUT2D eigenvalue weighted by Crippen LogP contribution is -2.51. The number of carbonyl (C=O) groups excluding carboxylic acids is 1. The minimum absolute atomic E-state index is 0.273. The second kappa shape index (κ2) is 7.58. The molecule has 2 aliphatic rings. The second-order valence-electron chi connectivity index (χ2n) is 6.80. The van der Waals surface area contributed by atoms with Gasteiger partial charge in [0.2, 0.25) is 5.91 Å². The molecule has 0 N–H and O–H groups in total. The first kappa shape index (κ1) is 16.7. The van der Waals surface area contributed by atoms with Gasteiger partial charge in [0.1, 0.15) is 0 Å². The molecule has 1 saturated carbocycles. The zero-order valence-corrected chi connectivity index (χ0v) is 14.7. The quantitative estimate of drug-likeness (QED) is 0.829. The first-order valence-electron chi connectivity index (χ1n) is 8.54. The Bertz CT molecular complexity index is 567. The fraction of sp³-hybridized carbons (Fsp3) is 0.611. The van der Waals surface area contributed by atoms with Crippen LogP contribution in [-0.2, 0) is 22.1 Å². The minimum atomic E-state index is -0.932. The highest BCUT2D eigenvalue weighted by molar-refractivity contribution is 7.84. The average molecular weight is 334 g/mol. The fourth-order valence-corrected chi connectivity index (χ4v) is 4.15. The van der Waals surface area contributed by atoms with Gasteiger partial charge in [-0.2, -0.15) is 0 Å². The molecule has 1 amide bonds. The first-order chi connectivity index (χ1) is 11.1. The summed E-state index contributed by atoms with van der Waals surface area (Å²) in [6.45, 7) is 4.07. The van der Waals surface area contributed by atoms with Gasteiger partial charge in [0.05, 0.1) is 6.54 Å². The number of nitrogens with zero attached hydrogens (tertiary/aromatic N) is 2. The van der Waals surface area contributed by atoms with Crippen LogP contribution in [0, 0.1) is 5.92 Å². The summed E-state index contributed by atoms with van der Waals surface area (Å²) in [7, 11) is -0.932. The minimum Gasteiger partial charge on any atom is -0.340 e. The number of hydrogen-bond donors (Lipinski definition) is 0. The molecule has 5 heteroatoms. The molecule has 0 aromatic heterocycles. The van der Waals surface area contributed by atoms with Crippen LogP contribution in [0.3, 0.4) is 0 Å². The maximum absolute atomic E-state index is 12.4. The third-order valence-corrected chi connectivity index (χ3v) is 5.95. The van der Waals surface area contributed by atoms with Gasteiger partial charge in [0.25, 0.3) is 0 Å². The molecular weight excluding hydrogens is 308 g/mol. The lowest BCUT2D eigenvalue weighted by atomic mass is 10.1. The van der Waals surface area contributed by atoms with Crippen LogP contribution in [0.4, 0.5) is 0 Å². The molecule has 1 heterocycles. The lowest BCUT2D eigenvalue weighted by molar-refractivity contribution is -0.136. The van der Waals surface area contributed by atoms with Crippen molar-refractivity contribution in [1.82, 2.24) is 9.80 Å². The summed E-state index contributed by atoms with van der Waals surface area (Å²) in [5, 5.41) is 0. The van der Waals surface area contributed by atoms with Crippen molar-refractivity contribution in [3.8, 4) is 0 Å². The van der Waals surface area contributed by atoms with E-state index in [2.05, 4.69) is 9.80 Å². The van der Waals surface area contributed by atoms with Crippen molar-refractivity contribution >= 4 is 16.7 Å². The highest BCUT2D eigenvalue weighted by atomic mass is 32.2. The molecule has 23 heavy (non-hydrogen) atoms. The number of piperazine rings is 1. The van der Waals surface area contributed by atoms with Gasteiger partial charge in [-0.15, -0.1) is 0 Å². The maximum Gasteiger partial charge on any atom is 0.236 e. The van der Waals surface area contributed by atoms with Crippen molar-refractivity contribution in [2.75, 3.05) is 32.4 Å². The van der Waals surface area contributed by atoms with Crippen LogP contribution in [-0.4, -0.2) is 52.4 Å². The molecule has 1 saturated heterocycles. The van der Waals surface area contributed by atoms with Crippen molar-refractivity contribution in [3.05, 3.63) is 29.8 Å². The number of carbonyl (C=O) groups is 1. The highest BCUT2D eigenvalue weighted by Gasteiger charge is 2.27. The van der Waals surface area contributed by atoms with Gasteiger partial charge in [-0.1, -0.05) is 25.0 Å². The van der Waals surface area contributed by atoms with Crippen molar-refractivity contribution < 1.29 is 9.00 Å². The molecule has 2 fully saturated rings. The van der Waals surface area contributed by atoms with Crippen LogP contribution in [0.5, 0.6) is 0 Å². The SMILES string of the molecule is C[S@](=O)c1ccc(CN2CCN(CC3CCCC3)C(=O)C2)cc1. The summed E-state index contributed by atoms with van der Waals surface area (Å²) >= 11 is 0. The summed E-state index contributed by atoms with van der Waals surface area (Å²) in [6.07, 6.45) is 6.93. The Morgan fingerprint density at radius 1 is 1.13 bits per heavy atom. The van der Waals surface area contributed by atoms with E-state index in [1.165, 1.54) is 31.2 Å². The maximum atomic E-state index is 12.4. The first-order valence-corrected chi connectivity index (χ1v) is 10.1. The molecule has 0 unspecified atom stereocenters. The van der Waals surface area contributed by atoms with E-state index in [1.807, 2.05) is 24.3 Å². The fourth-order valence-electron chi connectivity index (χ4n) is 3.63. The molecule has 1 aliphatic carbocycles. The van der Waals surface area contributed by atoms with E-state index in [0.29, 0.717) is 6.54 Å². The van der Waals surface area contributed by atoms with E-state index in [4.69, 9.17) is 0 Å². The standard InChI is InChI=1S/C18H26N2O2S/c1-23(22)17-8-6-16(7-9-17)12-19-10-11-20(18(21)14-19)13-15-4-2-3-5-15/h6-9,15H,2-5,10-14H2,1H3/t23-/m0/s1. The zero-order valence-electron chi connectivity index (χ0n) is 13.9. The van der Waals surface area contributed by atoms with Crippen LogP contribution in [0.25, 0.3) is 0 Å². The molecule has 3 rings (SSSR count). The van der Waals surface area contributed by atoms with E-state index >= 15 is 0 Å². The van der Waals surface area contributed by atoms with Crippen LogP contribution in [0.2, 0.25) is 0 Å².